The van der Waals surface area contributed by atoms with Crippen molar-refractivity contribution in [3.8, 4) is 0 Å². The fraction of sp³-hybridized carbons (Fsp3) is 0.776. The highest BCUT2D eigenvalue weighted by Crippen LogP contribution is 2.63. The van der Waals surface area contributed by atoms with Crippen molar-refractivity contribution in [2.24, 2.45) is 17.3 Å². The zero-order valence-corrected chi connectivity index (χ0v) is 47.5. The molecule has 7 unspecified atom stereocenters. The van der Waals surface area contributed by atoms with Gasteiger partial charge in [-0.3, -0.25) is 4.18 Å². The first-order valence-electron chi connectivity index (χ1n) is 28.2. The number of fused-ring (bicyclic) bond motifs is 2. The predicted molar refractivity (Wildman–Crippen MR) is 277 cm³/mol. The van der Waals surface area contributed by atoms with E-state index in [1.807, 2.05) is 13.8 Å². The first-order valence-corrected chi connectivity index (χ1v) is 29.7. The molecule has 2 N–H and O–H groups in total. The quantitative estimate of drug-likeness (QED) is 0.0322. The Kier molecular flexibility index (Phi) is 24.0. The summed E-state index contributed by atoms with van der Waals surface area (Å²) in [4.78, 5) is 12.2. The Morgan fingerprint density at radius 2 is 1.00 bits per heavy atom. The molecule has 21 heteroatoms. The number of aliphatic hydroxyl groups is 2. The summed E-state index contributed by atoms with van der Waals surface area (Å²) in [5.41, 5.74) is -12.8. The fourth-order valence-corrected chi connectivity index (χ4v) is 13.6. The number of hydrogen-bond donors (Lipinski definition) is 2. The standard InChI is InChI=1S/C58H84F12O8S/c1-8-47(79(74,75)78-49-38-46-37-48(51(46,5)6)52(49,7)72)28-24-20-16-12-11-15-19-23-27-42(43-31-35-45(36-32-43)54(57(65,66)67,58(68,69)70)77-50(71)76-39(2)3)26-22-18-14-10-9-13-17-21-25-40(4)41-29-33-44(34-30-41)53(73,55(59,60)61)56(62,63)64/h29-36,39-40,42,46-49,72-73H,8-28,37-38H2,1-7H3. The first kappa shape index (κ1) is 68.2. The highest BCUT2D eigenvalue weighted by Gasteiger charge is 2.76. The molecule has 454 valence electrons. The number of unbranched alkanes of at least 4 members (excludes halogenated alkanes) is 14. The van der Waals surface area contributed by atoms with Gasteiger partial charge in [-0.1, -0.05) is 179 Å². The minimum absolute atomic E-state index is 0.0218. The number of rotatable bonds is 32. The van der Waals surface area contributed by atoms with Crippen LogP contribution in [0.5, 0.6) is 0 Å². The van der Waals surface area contributed by atoms with Crippen molar-refractivity contribution in [3.63, 3.8) is 0 Å². The van der Waals surface area contributed by atoms with E-state index in [1.165, 1.54) is 26.0 Å². The maximum atomic E-state index is 14.5. The lowest BCUT2D eigenvalue weighted by Crippen LogP contribution is -2.67. The smallest absolute Gasteiger partial charge is 0.432 e. The van der Waals surface area contributed by atoms with E-state index in [4.69, 9.17) is 4.18 Å². The van der Waals surface area contributed by atoms with Gasteiger partial charge in [0.2, 0.25) is 0 Å². The second-order valence-corrected chi connectivity index (χ2v) is 25.3. The molecule has 0 radical (unpaired) electrons. The average molecular weight is 1170 g/mol. The van der Waals surface area contributed by atoms with Crippen LogP contribution in [0.4, 0.5) is 57.5 Å². The molecule has 0 amide bonds. The number of carbonyl (C=O) groups excluding carboxylic acids is 1. The molecule has 0 aliphatic heterocycles. The Labute approximate surface area is 459 Å². The van der Waals surface area contributed by atoms with Crippen molar-refractivity contribution in [3.05, 3.63) is 70.8 Å². The lowest BCUT2D eigenvalue weighted by Gasteiger charge is -2.64. The molecule has 8 nitrogen and oxygen atoms in total. The van der Waals surface area contributed by atoms with Crippen LogP contribution >= 0.6 is 0 Å². The van der Waals surface area contributed by atoms with Gasteiger partial charge < -0.3 is 19.7 Å². The van der Waals surface area contributed by atoms with Gasteiger partial charge in [0.15, 0.2) is 0 Å². The molecule has 0 saturated heterocycles. The number of hydrogen-bond acceptors (Lipinski definition) is 8. The molecule has 3 fully saturated rings. The summed E-state index contributed by atoms with van der Waals surface area (Å²) in [6.07, 6.45) is -10.5. The van der Waals surface area contributed by atoms with Gasteiger partial charge in [-0.05, 0) is 106 Å². The van der Waals surface area contributed by atoms with Crippen LogP contribution in [0.15, 0.2) is 48.5 Å². The number of halogens is 12. The van der Waals surface area contributed by atoms with Crippen molar-refractivity contribution in [1.82, 2.24) is 0 Å². The lowest BCUT2D eigenvalue weighted by atomic mass is 9.43. The van der Waals surface area contributed by atoms with Crippen LogP contribution in [0.25, 0.3) is 0 Å². The average Bonchev–Trinajstić information content (AvgIpc) is 3.52. The second kappa shape index (κ2) is 27.9. The molecule has 2 aromatic carbocycles. The molecule has 0 heterocycles. The molecule has 3 aliphatic rings. The van der Waals surface area contributed by atoms with Crippen molar-refractivity contribution < 1.29 is 89.8 Å². The van der Waals surface area contributed by atoms with E-state index in [0.717, 1.165) is 115 Å². The van der Waals surface area contributed by atoms with Gasteiger partial charge in [-0.25, -0.2) is 4.79 Å². The minimum Gasteiger partial charge on any atom is -0.432 e. The molecule has 3 saturated carbocycles. The third-order valence-electron chi connectivity index (χ3n) is 17.1. The van der Waals surface area contributed by atoms with Gasteiger partial charge in [0.1, 0.15) is 6.10 Å². The molecule has 0 aromatic heterocycles. The van der Waals surface area contributed by atoms with Crippen LogP contribution in [0.3, 0.4) is 0 Å². The van der Waals surface area contributed by atoms with Crippen molar-refractivity contribution >= 4 is 16.3 Å². The van der Waals surface area contributed by atoms with Gasteiger partial charge in [0, 0.05) is 11.1 Å². The maximum absolute atomic E-state index is 14.5. The van der Waals surface area contributed by atoms with Gasteiger partial charge in [-0.2, -0.15) is 61.1 Å². The Bertz CT molecular complexity index is 2250. The molecule has 0 spiro atoms. The van der Waals surface area contributed by atoms with E-state index in [2.05, 4.69) is 23.3 Å². The van der Waals surface area contributed by atoms with Crippen LogP contribution < -0.4 is 0 Å². The summed E-state index contributed by atoms with van der Waals surface area (Å²) < 4.78 is 208. The largest absolute Gasteiger partial charge is 0.510 e. The van der Waals surface area contributed by atoms with Gasteiger partial charge >= 0.3 is 36.5 Å². The number of ether oxygens (including phenoxy) is 2. The summed E-state index contributed by atoms with van der Waals surface area (Å²) in [6, 6.07) is 7.48. The Morgan fingerprint density at radius 1 is 0.595 bits per heavy atom. The van der Waals surface area contributed by atoms with E-state index in [0.29, 0.717) is 86.3 Å². The summed E-state index contributed by atoms with van der Waals surface area (Å²) >= 11 is 0. The third kappa shape index (κ3) is 16.9. The van der Waals surface area contributed by atoms with E-state index >= 15 is 0 Å². The van der Waals surface area contributed by atoms with Crippen molar-refractivity contribution in [1.29, 1.82) is 0 Å². The van der Waals surface area contributed by atoms with Gasteiger partial charge in [0.05, 0.1) is 17.0 Å². The summed E-state index contributed by atoms with van der Waals surface area (Å²) in [7, 11) is -3.89. The van der Waals surface area contributed by atoms with E-state index in [-0.39, 0.29) is 23.2 Å². The Balaban J connectivity index is 1.26. The normalized spacial score (nSPS) is 21.4. The highest BCUT2D eigenvalue weighted by atomic mass is 32.2. The maximum Gasteiger partial charge on any atom is 0.510 e. The van der Waals surface area contributed by atoms with Crippen LogP contribution in [0.1, 0.15) is 230 Å². The molecule has 2 bridgehead atoms. The Hall–Kier alpha value is -3.30. The number of carbonyl (C=O) groups is 1. The number of alkyl halides is 12. The number of benzene rings is 2. The zero-order valence-electron chi connectivity index (χ0n) is 46.7. The molecule has 5 rings (SSSR count). The van der Waals surface area contributed by atoms with E-state index < -0.39 is 86.4 Å². The zero-order chi connectivity index (χ0) is 59.5. The minimum atomic E-state index is -6.09. The van der Waals surface area contributed by atoms with Gasteiger partial charge in [-0.15, -0.1) is 0 Å². The Morgan fingerprint density at radius 3 is 1.39 bits per heavy atom. The summed E-state index contributed by atoms with van der Waals surface area (Å²) in [5, 5.41) is 20.3. The van der Waals surface area contributed by atoms with E-state index in [1.54, 1.807) is 6.92 Å². The summed E-state index contributed by atoms with van der Waals surface area (Å²) in [6.45, 7) is 12.0. The third-order valence-corrected chi connectivity index (χ3v) is 19.0. The first-order chi connectivity index (χ1) is 36.5. The fourth-order valence-electron chi connectivity index (χ4n) is 12.0. The molecular formula is C58H84F12O8S. The highest BCUT2D eigenvalue weighted by molar-refractivity contribution is 7.87. The predicted octanol–water partition coefficient (Wildman–Crippen LogP) is 17.9. The molecular weight excluding hydrogens is 1080 g/mol. The van der Waals surface area contributed by atoms with Crippen LogP contribution in [-0.4, -0.2) is 72.6 Å². The van der Waals surface area contributed by atoms with Crippen molar-refractivity contribution in [2.45, 2.75) is 267 Å². The van der Waals surface area contributed by atoms with Crippen LogP contribution in [-0.2, 0) is 35.0 Å². The monoisotopic (exact) mass is 1170 g/mol. The van der Waals surface area contributed by atoms with Gasteiger partial charge in [0.25, 0.3) is 15.7 Å². The second-order valence-electron chi connectivity index (χ2n) is 23.4. The lowest BCUT2D eigenvalue weighted by molar-refractivity contribution is -0.377. The van der Waals surface area contributed by atoms with Crippen LogP contribution in [0.2, 0.25) is 0 Å². The molecule has 79 heavy (non-hydrogen) atoms. The molecule has 3 aliphatic carbocycles. The van der Waals surface area contributed by atoms with Crippen LogP contribution in [0, 0.1) is 17.3 Å². The molecule has 7 atom stereocenters. The SMILES string of the molecule is CCC(CCCCCCCCCCC(CCCCCCCCCCC(C)c1ccc(C(O)(C(F)(F)F)C(F)(F)F)cc1)c1ccc(C(OC(=O)OC(C)C)(C(F)(F)F)C(F)(F)F)cc1)S(=O)(=O)OC1CC2CC(C2(C)C)C1(C)O. The summed E-state index contributed by atoms with van der Waals surface area (Å²) in [5.74, 6) is -0.0680. The van der Waals surface area contributed by atoms with E-state index in [9.17, 15) is 76.1 Å². The molecule has 2 aromatic rings. The topological polar surface area (TPSA) is 119 Å². The van der Waals surface area contributed by atoms with Crippen molar-refractivity contribution in [2.75, 3.05) is 0 Å².